The van der Waals surface area contributed by atoms with Gasteiger partial charge in [-0.05, 0) is 61.1 Å². The van der Waals surface area contributed by atoms with Gasteiger partial charge in [-0.2, -0.15) is 0 Å². The van der Waals surface area contributed by atoms with Crippen molar-refractivity contribution in [3.8, 4) is 0 Å². The standard InChI is InChI=1S/C22H21N3O3/c1-28-19(26)15-7-6-14-8-9-22(13-16(14)12-15)10-11-25(20(22)27)21-23-17-4-2-3-5-18(17)24-21/h2-7,12H,8-11,13H2,1H3,(H,23,24). The maximum absolute atomic E-state index is 13.4. The number of hydrogen-bond acceptors (Lipinski definition) is 4. The van der Waals surface area contributed by atoms with Gasteiger partial charge >= 0.3 is 5.97 Å². The first-order valence-electron chi connectivity index (χ1n) is 9.56. The Labute approximate surface area is 162 Å². The lowest BCUT2D eigenvalue weighted by molar-refractivity contribution is -0.126. The minimum atomic E-state index is -0.416. The molecule has 142 valence electrons. The second kappa shape index (κ2) is 6.19. The molecule has 3 aromatic rings. The van der Waals surface area contributed by atoms with Crippen LogP contribution in [0.1, 0.15) is 34.3 Å². The number of H-pyrrole nitrogens is 1. The fourth-order valence-electron chi connectivity index (χ4n) is 4.59. The molecule has 1 saturated heterocycles. The van der Waals surface area contributed by atoms with Gasteiger partial charge < -0.3 is 9.72 Å². The number of carbonyl (C=O) groups excluding carboxylic acids is 2. The number of fused-ring (bicyclic) bond motifs is 2. The number of anilines is 1. The van der Waals surface area contributed by atoms with Gasteiger partial charge in [-0.1, -0.05) is 18.2 Å². The molecule has 1 atom stereocenters. The van der Waals surface area contributed by atoms with Crippen LogP contribution in [0, 0.1) is 5.41 Å². The summed E-state index contributed by atoms with van der Waals surface area (Å²) in [6, 6.07) is 13.5. The van der Waals surface area contributed by atoms with Crippen molar-refractivity contribution in [3.63, 3.8) is 0 Å². The second-order valence-corrected chi connectivity index (χ2v) is 7.72. The summed E-state index contributed by atoms with van der Waals surface area (Å²) in [6.45, 7) is 0.657. The van der Waals surface area contributed by atoms with Gasteiger partial charge in [0.15, 0.2) is 0 Å². The smallest absolute Gasteiger partial charge is 0.337 e. The van der Waals surface area contributed by atoms with Crippen molar-refractivity contribution in [3.05, 3.63) is 59.2 Å². The van der Waals surface area contributed by atoms with Crippen molar-refractivity contribution < 1.29 is 14.3 Å². The summed E-state index contributed by atoms with van der Waals surface area (Å²) in [6.07, 6.45) is 3.12. The molecule has 0 saturated carbocycles. The minimum absolute atomic E-state index is 0.126. The number of hydrogen-bond donors (Lipinski definition) is 1. The number of para-hydroxylation sites is 2. The molecule has 2 aliphatic rings. The number of nitrogens with zero attached hydrogens (tertiary/aromatic N) is 2. The Bertz CT molecular complexity index is 1070. The first kappa shape index (κ1) is 17.0. The van der Waals surface area contributed by atoms with Gasteiger partial charge in [0.2, 0.25) is 11.9 Å². The molecule has 6 nitrogen and oxygen atoms in total. The maximum Gasteiger partial charge on any atom is 0.337 e. The first-order chi connectivity index (χ1) is 13.6. The Kier molecular flexibility index (Phi) is 3.75. The van der Waals surface area contributed by atoms with E-state index in [1.807, 2.05) is 36.4 Å². The second-order valence-electron chi connectivity index (χ2n) is 7.72. The quantitative estimate of drug-likeness (QED) is 0.698. The average Bonchev–Trinajstić information content (AvgIpc) is 3.28. The van der Waals surface area contributed by atoms with Crippen molar-refractivity contribution in [1.82, 2.24) is 9.97 Å². The van der Waals surface area contributed by atoms with Crippen molar-refractivity contribution in [2.45, 2.75) is 25.7 Å². The Morgan fingerprint density at radius 3 is 2.86 bits per heavy atom. The Hall–Kier alpha value is -3.15. The molecule has 1 fully saturated rings. The van der Waals surface area contributed by atoms with E-state index in [1.165, 1.54) is 12.7 Å². The molecule has 1 aromatic heterocycles. The third-order valence-corrected chi connectivity index (χ3v) is 6.17. The molecule has 6 heteroatoms. The molecule has 0 bridgehead atoms. The van der Waals surface area contributed by atoms with E-state index in [0.29, 0.717) is 24.5 Å². The van der Waals surface area contributed by atoms with E-state index in [-0.39, 0.29) is 11.9 Å². The highest BCUT2D eigenvalue weighted by Crippen LogP contribution is 2.44. The Morgan fingerprint density at radius 2 is 2.04 bits per heavy atom. The van der Waals surface area contributed by atoms with Gasteiger partial charge in [-0.15, -0.1) is 0 Å². The van der Waals surface area contributed by atoms with Crippen molar-refractivity contribution in [1.29, 1.82) is 0 Å². The number of aromatic nitrogens is 2. The fraction of sp³-hybridized carbons (Fsp3) is 0.318. The summed E-state index contributed by atoms with van der Waals surface area (Å²) < 4.78 is 4.84. The fourth-order valence-corrected chi connectivity index (χ4v) is 4.59. The summed E-state index contributed by atoms with van der Waals surface area (Å²) >= 11 is 0. The maximum atomic E-state index is 13.4. The van der Waals surface area contributed by atoms with Gasteiger partial charge in [-0.25, -0.2) is 9.78 Å². The lowest BCUT2D eigenvalue weighted by atomic mass is 9.70. The summed E-state index contributed by atoms with van der Waals surface area (Å²) in [5, 5.41) is 0. The predicted molar refractivity (Wildman–Crippen MR) is 105 cm³/mol. The van der Waals surface area contributed by atoms with Crippen molar-refractivity contribution >= 4 is 28.9 Å². The average molecular weight is 375 g/mol. The molecule has 0 radical (unpaired) electrons. The van der Waals surface area contributed by atoms with Crippen LogP contribution in [0.3, 0.4) is 0 Å². The van der Waals surface area contributed by atoms with E-state index in [1.54, 1.807) is 11.0 Å². The monoisotopic (exact) mass is 375 g/mol. The normalized spacial score (nSPS) is 21.3. The number of methoxy groups -OCH3 is 1. The number of amides is 1. The Morgan fingerprint density at radius 1 is 1.18 bits per heavy atom. The predicted octanol–water partition coefficient (Wildman–Crippen LogP) is 3.26. The zero-order chi connectivity index (χ0) is 19.3. The summed E-state index contributed by atoms with van der Waals surface area (Å²) in [5.41, 5.74) is 4.21. The van der Waals surface area contributed by atoms with Crippen LogP contribution in [0.15, 0.2) is 42.5 Å². The third kappa shape index (κ3) is 2.52. The summed E-state index contributed by atoms with van der Waals surface area (Å²) in [4.78, 5) is 35.0. The van der Waals surface area contributed by atoms with Crippen LogP contribution in [-0.4, -0.2) is 35.5 Å². The zero-order valence-electron chi connectivity index (χ0n) is 15.7. The molecule has 5 rings (SSSR count). The number of esters is 1. The molecule has 1 amide bonds. The lowest BCUT2D eigenvalue weighted by Crippen LogP contribution is -2.39. The van der Waals surface area contributed by atoms with Crippen LogP contribution in [0.5, 0.6) is 0 Å². The van der Waals surface area contributed by atoms with Crippen LogP contribution in [-0.2, 0) is 22.4 Å². The van der Waals surface area contributed by atoms with Crippen LogP contribution in [0.25, 0.3) is 11.0 Å². The molecular formula is C22H21N3O3. The van der Waals surface area contributed by atoms with Gasteiger partial charge in [0, 0.05) is 6.54 Å². The molecule has 1 aliphatic heterocycles. The van der Waals surface area contributed by atoms with Crippen LogP contribution < -0.4 is 4.90 Å². The topological polar surface area (TPSA) is 75.3 Å². The molecule has 1 spiro atoms. The van der Waals surface area contributed by atoms with Crippen molar-refractivity contribution in [2.75, 3.05) is 18.6 Å². The van der Waals surface area contributed by atoms with E-state index in [9.17, 15) is 9.59 Å². The molecule has 1 N–H and O–H groups in total. The Balaban J connectivity index is 1.45. The highest BCUT2D eigenvalue weighted by molar-refractivity contribution is 6.00. The molecule has 1 aliphatic carbocycles. The summed E-state index contributed by atoms with van der Waals surface area (Å²) in [5.74, 6) is 0.405. The lowest BCUT2D eigenvalue weighted by Gasteiger charge is -2.33. The van der Waals surface area contributed by atoms with Gasteiger partial charge in [-0.3, -0.25) is 9.69 Å². The number of ether oxygens (including phenoxy) is 1. The number of rotatable bonds is 2. The van der Waals surface area contributed by atoms with E-state index < -0.39 is 5.41 Å². The van der Waals surface area contributed by atoms with Gasteiger partial charge in [0.1, 0.15) is 0 Å². The highest BCUT2D eigenvalue weighted by Gasteiger charge is 2.49. The third-order valence-electron chi connectivity index (χ3n) is 6.17. The number of benzene rings is 2. The van der Waals surface area contributed by atoms with E-state index in [2.05, 4.69) is 9.97 Å². The molecule has 1 unspecified atom stereocenters. The van der Waals surface area contributed by atoms with Crippen LogP contribution >= 0.6 is 0 Å². The summed E-state index contributed by atoms with van der Waals surface area (Å²) in [7, 11) is 1.38. The number of aryl methyl sites for hydroxylation is 1. The van der Waals surface area contributed by atoms with E-state index >= 15 is 0 Å². The number of carbonyl (C=O) groups is 2. The number of nitrogens with one attached hydrogen (secondary N) is 1. The molecule has 28 heavy (non-hydrogen) atoms. The largest absolute Gasteiger partial charge is 0.465 e. The van der Waals surface area contributed by atoms with Gasteiger partial charge in [0.25, 0.3) is 0 Å². The zero-order valence-corrected chi connectivity index (χ0v) is 15.7. The van der Waals surface area contributed by atoms with Crippen LogP contribution in [0.4, 0.5) is 5.95 Å². The van der Waals surface area contributed by atoms with Gasteiger partial charge in [0.05, 0.1) is 29.1 Å². The molecular weight excluding hydrogens is 354 g/mol. The number of imidazole rings is 1. The SMILES string of the molecule is COC(=O)c1ccc2c(c1)CC1(CC2)CCN(c2nc3ccccc3[nH]2)C1=O. The highest BCUT2D eigenvalue weighted by atomic mass is 16.5. The number of aromatic amines is 1. The van der Waals surface area contributed by atoms with Crippen molar-refractivity contribution in [2.24, 2.45) is 5.41 Å². The van der Waals surface area contributed by atoms with E-state index in [0.717, 1.165) is 35.9 Å². The minimum Gasteiger partial charge on any atom is -0.465 e. The molecule has 2 heterocycles. The van der Waals surface area contributed by atoms with E-state index in [4.69, 9.17) is 4.74 Å². The van der Waals surface area contributed by atoms with Crippen LogP contribution in [0.2, 0.25) is 0 Å². The molecule has 2 aromatic carbocycles. The first-order valence-corrected chi connectivity index (χ1v) is 9.56.